The van der Waals surface area contributed by atoms with Crippen LogP contribution in [0.4, 0.5) is 5.69 Å². The lowest BCUT2D eigenvalue weighted by molar-refractivity contribution is -0.128. The molecule has 2 amide bonds. The molecule has 2 rings (SSSR count). The van der Waals surface area contributed by atoms with Gasteiger partial charge >= 0.3 is 0 Å². The minimum atomic E-state index is -0.578. The molecule has 0 spiro atoms. The molecular weight excluding hydrogens is 292 g/mol. The van der Waals surface area contributed by atoms with Gasteiger partial charge in [0.25, 0.3) is 5.91 Å². The van der Waals surface area contributed by atoms with Crippen molar-refractivity contribution in [2.75, 3.05) is 18.0 Å². The molecular formula is C15H17ClN2O3. The van der Waals surface area contributed by atoms with E-state index >= 15 is 0 Å². The Morgan fingerprint density at radius 2 is 2.33 bits per heavy atom. The van der Waals surface area contributed by atoms with Crippen molar-refractivity contribution in [2.45, 2.75) is 19.4 Å². The van der Waals surface area contributed by atoms with Crippen molar-refractivity contribution in [1.29, 1.82) is 0 Å². The fraction of sp³-hybridized carbons (Fsp3) is 0.333. The number of fused-ring (bicyclic) bond motifs is 1. The Hall–Kier alpha value is -2.01. The number of anilines is 1. The molecule has 1 aromatic rings. The first-order chi connectivity index (χ1) is 10.1. The van der Waals surface area contributed by atoms with Crippen LogP contribution in [-0.2, 0) is 9.59 Å². The fourth-order valence-corrected chi connectivity index (χ4v) is 2.27. The topological polar surface area (TPSA) is 58.6 Å². The van der Waals surface area contributed by atoms with Crippen LogP contribution >= 0.6 is 11.6 Å². The monoisotopic (exact) mass is 308 g/mol. The van der Waals surface area contributed by atoms with Gasteiger partial charge in [-0.2, -0.15) is 0 Å². The van der Waals surface area contributed by atoms with E-state index in [1.54, 1.807) is 24.3 Å². The molecule has 1 N–H and O–H groups in total. The second-order valence-electron chi connectivity index (χ2n) is 4.64. The summed E-state index contributed by atoms with van der Waals surface area (Å²) in [4.78, 5) is 25.7. The van der Waals surface area contributed by atoms with E-state index in [9.17, 15) is 9.59 Å². The standard InChI is InChI=1S/C15H17ClN2O3/c1-3-7-17-14(19)9-18-11-8-10(16)5-6-13(11)21-12(4-2)15(18)20/h3,5-6,8,12H,1,4,7,9H2,2H3,(H,17,19)/t12-/m0/s1. The Morgan fingerprint density at radius 1 is 1.57 bits per heavy atom. The zero-order chi connectivity index (χ0) is 15.4. The largest absolute Gasteiger partial charge is 0.478 e. The number of hydrogen-bond acceptors (Lipinski definition) is 3. The van der Waals surface area contributed by atoms with Gasteiger partial charge in [-0.1, -0.05) is 24.6 Å². The third kappa shape index (κ3) is 3.36. The molecule has 0 bridgehead atoms. The second kappa shape index (κ2) is 6.63. The molecule has 1 atom stereocenters. The van der Waals surface area contributed by atoms with E-state index in [0.29, 0.717) is 29.4 Å². The number of nitrogens with one attached hydrogen (secondary N) is 1. The molecule has 0 saturated carbocycles. The summed E-state index contributed by atoms with van der Waals surface area (Å²) >= 11 is 5.97. The highest BCUT2D eigenvalue weighted by Gasteiger charge is 2.34. The Morgan fingerprint density at radius 3 is 3.00 bits per heavy atom. The van der Waals surface area contributed by atoms with Crippen LogP contribution in [0.25, 0.3) is 0 Å². The van der Waals surface area contributed by atoms with Crippen LogP contribution in [0.3, 0.4) is 0 Å². The summed E-state index contributed by atoms with van der Waals surface area (Å²) in [6.45, 7) is 5.68. The first kappa shape index (κ1) is 15.4. The number of amides is 2. The number of nitrogens with zero attached hydrogens (tertiary/aromatic N) is 1. The molecule has 0 aromatic heterocycles. The third-order valence-corrected chi connectivity index (χ3v) is 3.37. The number of halogens is 1. The van der Waals surface area contributed by atoms with Gasteiger partial charge in [0.05, 0.1) is 5.69 Å². The van der Waals surface area contributed by atoms with Gasteiger partial charge in [0, 0.05) is 11.6 Å². The Kier molecular flexibility index (Phi) is 4.85. The highest BCUT2D eigenvalue weighted by atomic mass is 35.5. The second-order valence-corrected chi connectivity index (χ2v) is 5.08. The fourth-order valence-electron chi connectivity index (χ4n) is 2.10. The number of benzene rings is 1. The molecule has 0 saturated heterocycles. The zero-order valence-electron chi connectivity index (χ0n) is 11.8. The molecule has 21 heavy (non-hydrogen) atoms. The average molecular weight is 309 g/mol. The number of ether oxygens (including phenoxy) is 1. The van der Waals surface area contributed by atoms with Crippen molar-refractivity contribution < 1.29 is 14.3 Å². The predicted octanol–water partition coefficient (Wildman–Crippen LogP) is 2.15. The van der Waals surface area contributed by atoms with Crippen molar-refractivity contribution >= 4 is 29.1 Å². The molecule has 0 radical (unpaired) electrons. The van der Waals surface area contributed by atoms with E-state index in [2.05, 4.69) is 11.9 Å². The summed E-state index contributed by atoms with van der Waals surface area (Å²) in [5.74, 6) is 0.0642. The van der Waals surface area contributed by atoms with Crippen LogP contribution < -0.4 is 15.0 Å². The summed E-state index contributed by atoms with van der Waals surface area (Å²) in [5, 5.41) is 3.14. The van der Waals surface area contributed by atoms with Crippen molar-refractivity contribution in [3.05, 3.63) is 35.9 Å². The van der Waals surface area contributed by atoms with Crippen LogP contribution in [-0.4, -0.2) is 31.0 Å². The van der Waals surface area contributed by atoms with Gasteiger partial charge in [0.15, 0.2) is 6.10 Å². The maximum Gasteiger partial charge on any atom is 0.268 e. The van der Waals surface area contributed by atoms with Gasteiger partial charge < -0.3 is 10.1 Å². The Bertz CT molecular complexity index is 574. The lowest BCUT2D eigenvalue weighted by Gasteiger charge is -2.33. The molecule has 0 fully saturated rings. The molecule has 1 heterocycles. The van der Waals surface area contributed by atoms with E-state index in [0.717, 1.165) is 0 Å². The van der Waals surface area contributed by atoms with E-state index < -0.39 is 6.10 Å². The minimum absolute atomic E-state index is 0.0696. The Balaban J connectivity index is 2.28. The first-order valence-electron chi connectivity index (χ1n) is 6.72. The third-order valence-electron chi connectivity index (χ3n) is 3.14. The van der Waals surface area contributed by atoms with Crippen LogP contribution in [0, 0.1) is 0 Å². The summed E-state index contributed by atoms with van der Waals surface area (Å²) in [5.41, 5.74) is 0.519. The van der Waals surface area contributed by atoms with Gasteiger partial charge in [-0.25, -0.2) is 0 Å². The van der Waals surface area contributed by atoms with E-state index in [-0.39, 0.29) is 18.4 Å². The molecule has 0 aliphatic carbocycles. The highest BCUT2D eigenvalue weighted by molar-refractivity contribution is 6.31. The molecule has 1 aromatic carbocycles. The smallest absolute Gasteiger partial charge is 0.268 e. The van der Waals surface area contributed by atoms with Crippen LogP contribution in [0.1, 0.15) is 13.3 Å². The number of hydrogen-bond donors (Lipinski definition) is 1. The molecule has 1 aliphatic rings. The molecule has 5 nitrogen and oxygen atoms in total. The number of rotatable bonds is 5. The van der Waals surface area contributed by atoms with Crippen molar-refractivity contribution in [2.24, 2.45) is 0 Å². The highest BCUT2D eigenvalue weighted by Crippen LogP contribution is 2.36. The SMILES string of the molecule is C=CCNC(=O)CN1C(=O)[C@H](CC)Oc2ccc(Cl)cc21. The van der Waals surface area contributed by atoms with Crippen LogP contribution in [0.2, 0.25) is 5.02 Å². The summed E-state index contributed by atoms with van der Waals surface area (Å²) in [6.07, 6.45) is 1.54. The van der Waals surface area contributed by atoms with Crippen molar-refractivity contribution in [3.8, 4) is 5.75 Å². The summed E-state index contributed by atoms with van der Waals surface area (Å²) in [6, 6.07) is 5.03. The zero-order valence-corrected chi connectivity index (χ0v) is 12.5. The molecule has 112 valence electrons. The molecule has 0 unspecified atom stereocenters. The summed E-state index contributed by atoms with van der Waals surface area (Å²) in [7, 11) is 0. The van der Waals surface area contributed by atoms with Gasteiger partial charge in [-0.15, -0.1) is 6.58 Å². The predicted molar refractivity (Wildman–Crippen MR) is 81.7 cm³/mol. The van der Waals surface area contributed by atoms with Crippen LogP contribution in [0.5, 0.6) is 5.75 Å². The van der Waals surface area contributed by atoms with Gasteiger partial charge in [-0.05, 0) is 24.6 Å². The van der Waals surface area contributed by atoms with E-state index in [1.807, 2.05) is 6.92 Å². The molecule has 1 aliphatic heterocycles. The lowest BCUT2D eigenvalue weighted by Crippen LogP contribution is -2.49. The Labute approximate surface area is 128 Å². The minimum Gasteiger partial charge on any atom is -0.478 e. The maximum absolute atomic E-state index is 12.4. The first-order valence-corrected chi connectivity index (χ1v) is 7.09. The van der Waals surface area contributed by atoms with E-state index in [4.69, 9.17) is 16.3 Å². The summed E-state index contributed by atoms with van der Waals surface area (Å²) < 4.78 is 5.64. The average Bonchev–Trinajstić information content (AvgIpc) is 2.48. The van der Waals surface area contributed by atoms with Gasteiger partial charge in [-0.3, -0.25) is 14.5 Å². The number of carbonyl (C=O) groups excluding carboxylic acids is 2. The lowest BCUT2D eigenvalue weighted by atomic mass is 10.1. The quantitative estimate of drug-likeness (QED) is 0.848. The number of carbonyl (C=O) groups is 2. The normalized spacial score (nSPS) is 17.0. The van der Waals surface area contributed by atoms with Crippen LogP contribution in [0.15, 0.2) is 30.9 Å². The maximum atomic E-state index is 12.4. The van der Waals surface area contributed by atoms with Gasteiger partial charge in [0.1, 0.15) is 12.3 Å². The van der Waals surface area contributed by atoms with Crippen molar-refractivity contribution in [1.82, 2.24) is 5.32 Å². The van der Waals surface area contributed by atoms with E-state index in [1.165, 1.54) is 4.90 Å². The van der Waals surface area contributed by atoms with Crippen molar-refractivity contribution in [3.63, 3.8) is 0 Å². The van der Waals surface area contributed by atoms with Gasteiger partial charge in [0.2, 0.25) is 5.91 Å². The molecule has 6 heteroatoms.